The van der Waals surface area contributed by atoms with E-state index >= 15 is 0 Å². The summed E-state index contributed by atoms with van der Waals surface area (Å²) in [5, 5.41) is 0.762. The monoisotopic (exact) mass is 499 g/mol. The van der Waals surface area contributed by atoms with E-state index in [0.717, 1.165) is 28.3 Å². The van der Waals surface area contributed by atoms with Crippen molar-refractivity contribution >= 4 is 44.8 Å². The van der Waals surface area contributed by atoms with Crippen molar-refractivity contribution in [3.63, 3.8) is 0 Å². The molecule has 0 amide bonds. The van der Waals surface area contributed by atoms with Crippen molar-refractivity contribution in [3.8, 4) is 11.5 Å². The standard InChI is InChI=1S/C25H19ClFNO5S/c1-13-7-18(14(2)28(13)10-15-3-6-20-21(8-15)33-12-32-20)19(29)11-31-25(30)24-23(26)17-5-4-16(27)9-22(17)34-24/h3-9H,10-12H2,1-2H3. The van der Waals surface area contributed by atoms with Crippen LogP contribution in [-0.4, -0.2) is 29.7 Å². The van der Waals surface area contributed by atoms with Crippen LogP contribution in [-0.2, 0) is 11.3 Å². The lowest BCUT2D eigenvalue weighted by molar-refractivity contribution is 0.0479. The van der Waals surface area contributed by atoms with Gasteiger partial charge in [-0.1, -0.05) is 17.7 Å². The Bertz CT molecular complexity index is 1460. The summed E-state index contributed by atoms with van der Waals surface area (Å²) in [7, 11) is 0. The van der Waals surface area contributed by atoms with Gasteiger partial charge in [0.15, 0.2) is 18.1 Å². The van der Waals surface area contributed by atoms with Gasteiger partial charge in [0.25, 0.3) is 0 Å². The SMILES string of the molecule is Cc1cc(C(=O)COC(=O)c2sc3cc(F)ccc3c2Cl)c(C)n1Cc1ccc2c(c1)OCO2. The Balaban J connectivity index is 1.30. The molecule has 0 bridgehead atoms. The topological polar surface area (TPSA) is 66.8 Å². The van der Waals surface area contributed by atoms with E-state index in [2.05, 4.69) is 0 Å². The fourth-order valence-electron chi connectivity index (χ4n) is 3.99. The van der Waals surface area contributed by atoms with Crippen molar-refractivity contribution < 1.29 is 28.2 Å². The van der Waals surface area contributed by atoms with Crippen LogP contribution in [0.5, 0.6) is 11.5 Å². The number of hydrogen-bond acceptors (Lipinski definition) is 6. The molecule has 0 atom stereocenters. The number of fused-ring (bicyclic) bond motifs is 2. The number of aromatic nitrogens is 1. The zero-order valence-electron chi connectivity index (χ0n) is 18.3. The van der Waals surface area contributed by atoms with Crippen molar-refractivity contribution in [1.29, 1.82) is 0 Å². The molecule has 0 spiro atoms. The first-order valence-corrected chi connectivity index (χ1v) is 11.6. The van der Waals surface area contributed by atoms with Gasteiger partial charge in [0.2, 0.25) is 12.6 Å². The molecule has 9 heteroatoms. The van der Waals surface area contributed by atoms with E-state index < -0.39 is 18.4 Å². The molecule has 0 N–H and O–H groups in total. The summed E-state index contributed by atoms with van der Waals surface area (Å²) in [6.07, 6.45) is 0. The first-order chi connectivity index (χ1) is 16.3. The average molecular weight is 500 g/mol. The van der Waals surface area contributed by atoms with Crippen molar-refractivity contribution in [2.24, 2.45) is 0 Å². The quantitative estimate of drug-likeness (QED) is 0.243. The zero-order chi connectivity index (χ0) is 24.0. The van der Waals surface area contributed by atoms with Crippen LogP contribution >= 0.6 is 22.9 Å². The molecule has 6 nitrogen and oxygen atoms in total. The first kappa shape index (κ1) is 22.4. The van der Waals surface area contributed by atoms with Gasteiger partial charge in [-0.25, -0.2) is 9.18 Å². The summed E-state index contributed by atoms with van der Waals surface area (Å²) in [4.78, 5) is 25.6. The van der Waals surface area contributed by atoms with E-state index in [4.69, 9.17) is 25.8 Å². The third-order valence-corrected chi connectivity index (χ3v) is 7.40. The van der Waals surface area contributed by atoms with Crippen molar-refractivity contribution in [1.82, 2.24) is 4.57 Å². The Kier molecular flexibility index (Phi) is 5.79. The lowest BCUT2D eigenvalue weighted by atomic mass is 10.1. The van der Waals surface area contributed by atoms with Gasteiger partial charge in [-0.3, -0.25) is 4.79 Å². The predicted molar refractivity (Wildman–Crippen MR) is 127 cm³/mol. The molecular formula is C25H19ClFNO5S. The molecule has 0 saturated heterocycles. The number of thiophene rings is 1. The number of carbonyl (C=O) groups is 2. The summed E-state index contributed by atoms with van der Waals surface area (Å²) < 4.78 is 32.1. The molecule has 0 saturated carbocycles. The van der Waals surface area contributed by atoms with E-state index in [0.29, 0.717) is 33.7 Å². The Morgan fingerprint density at radius 2 is 1.91 bits per heavy atom. The number of aryl methyl sites for hydroxylation is 1. The second kappa shape index (κ2) is 8.77. The normalized spacial score (nSPS) is 12.4. The van der Waals surface area contributed by atoms with Gasteiger partial charge >= 0.3 is 5.97 Å². The minimum absolute atomic E-state index is 0.142. The number of nitrogens with zero attached hydrogens (tertiary/aromatic N) is 1. The number of rotatable bonds is 6. The summed E-state index contributed by atoms with van der Waals surface area (Å²) in [6.45, 7) is 4.11. The van der Waals surface area contributed by atoms with Gasteiger partial charge in [0.1, 0.15) is 10.7 Å². The lowest BCUT2D eigenvalue weighted by Gasteiger charge is -2.11. The highest BCUT2D eigenvalue weighted by atomic mass is 35.5. The van der Waals surface area contributed by atoms with Gasteiger partial charge < -0.3 is 18.8 Å². The predicted octanol–water partition coefficient (Wildman–Crippen LogP) is 5.93. The van der Waals surface area contributed by atoms with E-state index in [9.17, 15) is 14.0 Å². The van der Waals surface area contributed by atoms with Crippen LogP contribution < -0.4 is 9.47 Å². The Labute approximate surface area is 203 Å². The third-order valence-electron chi connectivity index (χ3n) is 5.76. The average Bonchev–Trinajstić information content (AvgIpc) is 3.49. The second-order valence-electron chi connectivity index (χ2n) is 7.94. The maximum absolute atomic E-state index is 13.5. The molecular weight excluding hydrogens is 481 g/mol. The maximum Gasteiger partial charge on any atom is 0.350 e. The van der Waals surface area contributed by atoms with Gasteiger partial charge in [-0.15, -0.1) is 11.3 Å². The molecule has 5 rings (SSSR count). The molecule has 4 aromatic rings. The number of Topliss-reactive ketones (excluding diaryl/α,β-unsaturated/α-hetero) is 1. The summed E-state index contributed by atoms with van der Waals surface area (Å²) in [5.74, 6) is -0.0375. The number of ketones is 1. The molecule has 2 aromatic heterocycles. The fourth-order valence-corrected chi connectivity index (χ4v) is 5.42. The highest BCUT2D eigenvalue weighted by Gasteiger charge is 2.22. The van der Waals surface area contributed by atoms with Crippen LogP contribution in [0.4, 0.5) is 4.39 Å². The van der Waals surface area contributed by atoms with Gasteiger partial charge in [0, 0.05) is 33.6 Å². The molecule has 34 heavy (non-hydrogen) atoms. The number of esters is 1. The molecule has 0 aliphatic carbocycles. The largest absolute Gasteiger partial charge is 0.454 e. The molecule has 0 unspecified atom stereocenters. The Morgan fingerprint density at radius 1 is 1.12 bits per heavy atom. The van der Waals surface area contributed by atoms with Crippen LogP contribution in [0.3, 0.4) is 0 Å². The van der Waals surface area contributed by atoms with Crippen molar-refractivity contribution in [3.05, 3.63) is 80.7 Å². The second-order valence-corrected chi connectivity index (χ2v) is 9.37. The van der Waals surface area contributed by atoms with Crippen LogP contribution in [0.15, 0.2) is 42.5 Å². The zero-order valence-corrected chi connectivity index (χ0v) is 19.9. The smallest absolute Gasteiger partial charge is 0.350 e. The minimum Gasteiger partial charge on any atom is -0.454 e. The molecule has 174 valence electrons. The Morgan fingerprint density at radius 3 is 2.74 bits per heavy atom. The summed E-state index contributed by atoms with van der Waals surface area (Å²) in [6, 6.07) is 11.6. The molecule has 3 heterocycles. The summed E-state index contributed by atoms with van der Waals surface area (Å²) in [5.41, 5.74) is 3.16. The Hall–Kier alpha value is -3.36. The van der Waals surface area contributed by atoms with E-state index in [1.807, 2.05) is 36.6 Å². The van der Waals surface area contributed by atoms with Gasteiger partial charge in [0.05, 0.1) is 5.02 Å². The number of ether oxygens (including phenoxy) is 3. The molecule has 1 aliphatic heterocycles. The van der Waals surface area contributed by atoms with Crippen LogP contribution in [0.1, 0.15) is 37.0 Å². The number of halogens is 2. The molecule has 1 aliphatic rings. The van der Waals surface area contributed by atoms with Gasteiger partial charge in [-0.05, 0) is 55.8 Å². The molecule has 0 fully saturated rings. The summed E-state index contributed by atoms with van der Waals surface area (Å²) >= 11 is 7.31. The van der Waals surface area contributed by atoms with Crippen LogP contribution in [0, 0.1) is 19.7 Å². The fraction of sp³-hybridized carbons (Fsp3) is 0.200. The van der Waals surface area contributed by atoms with Crippen LogP contribution in [0.2, 0.25) is 5.02 Å². The highest BCUT2D eigenvalue weighted by molar-refractivity contribution is 7.21. The number of benzene rings is 2. The molecule has 2 aromatic carbocycles. The van der Waals surface area contributed by atoms with E-state index in [-0.39, 0.29) is 22.5 Å². The maximum atomic E-state index is 13.5. The number of hydrogen-bond donors (Lipinski definition) is 0. The number of carbonyl (C=O) groups excluding carboxylic acids is 2. The minimum atomic E-state index is -0.714. The lowest BCUT2D eigenvalue weighted by Crippen LogP contribution is -2.15. The van der Waals surface area contributed by atoms with Crippen LogP contribution in [0.25, 0.3) is 10.1 Å². The van der Waals surface area contributed by atoms with E-state index in [1.165, 1.54) is 18.2 Å². The highest BCUT2D eigenvalue weighted by Crippen LogP contribution is 2.36. The molecule has 0 radical (unpaired) electrons. The third kappa shape index (κ3) is 4.03. The van der Waals surface area contributed by atoms with E-state index in [1.54, 1.807) is 6.07 Å². The van der Waals surface area contributed by atoms with Crippen molar-refractivity contribution in [2.75, 3.05) is 13.4 Å². The first-order valence-electron chi connectivity index (χ1n) is 10.4. The van der Waals surface area contributed by atoms with Gasteiger partial charge in [-0.2, -0.15) is 0 Å². The van der Waals surface area contributed by atoms with Crippen molar-refractivity contribution in [2.45, 2.75) is 20.4 Å².